The maximum absolute atomic E-state index is 13.1. The van der Waals surface area contributed by atoms with Gasteiger partial charge < -0.3 is 20.2 Å². The predicted molar refractivity (Wildman–Crippen MR) is 126 cm³/mol. The number of hydrogen-bond acceptors (Lipinski definition) is 4. The molecule has 0 aliphatic heterocycles. The molecule has 2 fully saturated rings. The molecule has 0 spiro atoms. The fourth-order valence-corrected chi connectivity index (χ4v) is 6.30. The van der Waals surface area contributed by atoms with E-state index < -0.39 is 5.60 Å². The molecule has 2 saturated carbocycles. The fraction of sp³-hybridized carbons (Fsp3) is 0.556. The second kappa shape index (κ2) is 8.98. The Hall–Kier alpha value is -2.60. The Labute approximate surface area is 196 Å². The number of carbonyl (C=O) groups is 2. The number of aliphatic hydroxyl groups is 1. The molecule has 2 amide bonds. The molecule has 6 nitrogen and oxygen atoms in total. The number of hydrogen-bond donors (Lipinski definition) is 3. The number of fused-ring (bicyclic) bond motifs is 1. The largest absolute Gasteiger partial charge is 0.467 e. The van der Waals surface area contributed by atoms with Gasteiger partial charge in [0.15, 0.2) is 0 Å². The highest BCUT2D eigenvalue weighted by Gasteiger charge is 2.61. The van der Waals surface area contributed by atoms with Crippen LogP contribution in [0.15, 0.2) is 53.1 Å². The van der Waals surface area contributed by atoms with Crippen molar-refractivity contribution in [2.24, 2.45) is 16.7 Å². The van der Waals surface area contributed by atoms with Gasteiger partial charge in [0.2, 0.25) is 5.91 Å². The van der Waals surface area contributed by atoms with E-state index in [9.17, 15) is 14.7 Å². The van der Waals surface area contributed by atoms with Crippen molar-refractivity contribution in [2.45, 2.75) is 77.5 Å². The van der Waals surface area contributed by atoms with Crippen molar-refractivity contribution in [3.63, 3.8) is 0 Å². The van der Waals surface area contributed by atoms with Gasteiger partial charge in [-0.25, -0.2) is 0 Å². The maximum Gasteiger partial charge on any atom is 0.251 e. The highest BCUT2D eigenvalue weighted by atomic mass is 16.3. The van der Waals surface area contributed by atoms with E-state index in [4.69, 9.17) is 4.42 Å². The molecule has 33 heavy (non-hydrogen) atoms. The first-order chi connectivity index (χ1) is 15.6. The van der Waals surface area contributed by atoms with Crippen LogP contribution in [-0.2, 0) is 11.3 Å². The monoisotopic (exact) mass is 452 g/mol. The van der Waals surface area contributed by atoms with Crippen molar-refractivity contribution in [3.05, 3.63) is 60.1 Å². The average Bonchev–Trinajstić information content (AvgIpc) is 3.36. The lowest BCUT2D eigenvalue weighted by Gasteiger charge is -2.50. The molecule has 178 valence electrons. The molecule has 0 bridgehead atoms. The van der Waals surface area contributed by atoms with E-state index in [1.165, 1.54) is 0 Å². The van der Waals surface area contributed by atoms with Crippen LogP contribution >= 0.6 is 0 Å². The molecule has 2 aliphatic carbocycles. The summed E-state index contributed by atoms with van der Waals surface area (Å²) in [4.78, 5) is 25.8. The summed E-state index contributed by atoms with van der Waals surface area (Å²) in [5, 5.41) is 17.2. The van der Waals surface area contributed by atoms with Crippen LogP contribution in [0.3, 0.4) is 0 Å². The number of benzene rings is 1. The molecule has 1 aromatic carbocycles. The SMILES string of the molecule is CC1(C)C[C@H](NC(=O)c2ccccc2)[C@]2(CCC(=O)NCc3ccco3)CC[C@@](C)(O)C[C@@H]12. The Bertz CT molecular complexity index is 967. The highest BCUT2D eigenvalue weighted by Crippen LogP contribution is 2.63. The van der Waals surface area contributed by atoms with Crippen LogP contribution in [0, 0.1) is 16.7 Å². The third-order valence-corrected chi connectivity index (χ3v) is 8.03. The zero-order valence-electron chi connectivity index (χ0n) is 19.9. The zero-order valence-corrected chi connectivity index (χ0v) is 19.9. The van der Waals surface area contributed by atoms with Gasteiger partial charge in [-0.3, -0.25) is 9.59 Å². The average molecular weight is 453 g/mol. The second-order valence-corrected chi connectivity index (χ2v) is 10.9. The summed E-state index contributed by atoms with van der Waals surface area (Å²) in [5.74, 6) is 0.849. The van der Waals surface area contributed by atoms with Gasteiger partial charge >= 0.3 is 0 Å². The van der Waals surface area contributed by atoms with Crippen LogP contribution in [-0.4, -0.2) is 28.6 Å². The quantitative estimate of drug-likeness (QED) is 0.579. The van der Waals surface area contributed by atoms with Crippen LogP contribution in [0.2, 0.25) is 0 Å². The van der Waals surface area contributed by atoms with E-state index in [0.29, 0.717) is 37.8 Å². The van der Waals surface area contributed by atoms with Crippen LogP contribution in [0.1, 0.15) is 75.4 Å². The lowest BCUT2D eigenvalue weighted by Crippen LogP contribution is -2.52. The number of nitrogens with one attached hydrogen (secondary N) is 2. The Morgan fingerprint density at radius 1 is 1.06 bits per heavy atom. The van der Waals surface area contributed by atoms with Crippen molar-refractivity contribution >= 4 is 11.8 Å². The van der Waals surface area contributed by atoms with Crippen molar-refractivity contribution in [3.8, 4) is 0 Å². The maximum atomic E-state index is 13.1. The van der Waals surface area contributed by atoms with Crippen LogP contribution in [0.5, 0.6) is 0 Å². The van der Waals surface area contributed by atoms with Crippen LogP contribution in [0.4, 0.5) is 0 Å². The van der Waals surface area contributed by atoms with E-state index in [1.807, 2.05) is 43.3 Å². The predicted octanol–water partition coefficient (Wildman–Crippen LogP) is 4.44. The lowest BCUT2D eigenvalue weighted by molar-refractivity contribution is -0.123. The molecule has 0 saturated heterocycles. The van der Waals surface area contributed by atoms with Crippen molar-refractivity contribution in [1.82, 2.24) is 10.6 Å². The standard InChI is InChI=1S/C27H36N2O4/c1-25(2)17-22(29-24(31)19-8-5-4-6-9-19)27(14-13-26(3,32)16-21(25)27)12-11-23(30)28-18-20-10-7-15-33-20/h4-10,15,21-22,32H,11-14,16-18H2,1-3H3,(H,28,30)(H,29,31)/t21-,22-,26+,27+/m0/s1. The van der Waals surface area contributed by atoms with Gasteiger partial charge in [0.25, 0.3) is 5.91 Å². The number of furan rings is 1. The van der Waals surface area contributed by atoms with E-state index >= 15 is 0 Å². The van der Waals surface area contributed by atoms with Gasteiger partial charge in [0.1, 0.15) is 5.76 Å². The third-order valence-electron chi connectivity index (χ3n) is 8.03. The second-order valence-electron chi connectivity index (χ2n) is 10.9. The first kappa shape index (κ1) is 23.6. The summed E-state index contributed by atoms with van der Waals surface area (Å²) < 4.78 is 5.31. The van der Waals surface area contributed by atoms with Crippen LogP contribution < -0.4 is 10.6 Å². The van der Waals surface area contributed by atoms with Crippen LogP contribution in [0.25, 0.3) is 0 Å². The Morgan fingerprint density at radius 2 is 1.82 bits per heavy atom. The van der Waals surface area contributed by atoms with Gasteiger partial charge in [-0.05, 0) is 80.0 Å². The molecule has 4 atom stereocenters. The summed E-state index contributed by atoms with van der Waals surface area (Å²) >= 11 is 0. The third kappa shape index (κ3) is 5.01. The van der Waals surface area contributed by atoms with Gasteiger partial charge in [-0.15, -0.1) is 0 Å². The summed E-state index contributed by atoms with van der Waals surface area (Å²) in [6.45, 7) is 6.76. The van der Waals surface area contributed by atoms with Gasteiger partial charge in [0, 0.05) is 18.0 Å². The van der Waals surface area contributed by atoms with E-state index in [0.717, 1.165) is 18.6 Å². The molecule has 4 rings (SSSR count). The number of amides is 2. The minimum Gasteiger partial charge on any atom is -0.467 e. The van der Waals surface area contributed by atoms with Crippen molar-refractivity contribution < 1.29 is 19.1 Å². The Balaban J connectivity index is 1.53. The normalized spacial score (nSPS) is 30.4. The fourth-order valence-electron chi connectivity index (χ4n) is 6.30. The highest BCUT2D eigenvalue weighted by molar-refractivity contribution is 5.94. The molecule has 1 aromatic heterocycles. The minimum absolute atomic E-state index is 0.0188. The topological polar surface area (TPSA) is 91.6 Å². The molecule has 2 aromatic rings. The first-order valence-electron chi connectivity index (χ1n) is 12.0. The summed E-state index contributed by atoms with van der Waals surface area (Å²) in [5.41, 5.74) is -0.347. The van der Waals surface area contributed by atoms with E-state index in [-0.39, 0.29) is 34.6 Å². The van der Waals surface area contributed by atoms with Gasteiger partial charge in [0.05, 0.1) is 18.4 Å². The molecule has 0 unspecified atom stereocenters. The van der Waals surface area contributed by atoms with Gasteiger partial charge in [-0.2, -0.15) is 0 Å². The van der Waals surface area contributed by atoms with Crippen molar-refractivity contribution in [2.75, 3.05) is 0 Å². The number of carbonyl (C=O) groups excluding carboxylic acids is 2. The summed E-state index contributed by atoms with van der Waals surface area (Å²) in [6, 6.07) is 12.9. The van der Waals surface area contributed by atoms with Crippen molar-refractivity contribution in [1.29, 1.82) is 0 Å². The summed E-state index contributed by atoms with van der Waals surface area (Å²) in [7, 11) is 0. The van der Waals surface area contributed by atoms with Gasteiger partial charge in [-0.1, -0.05) is 32.0 Å². The Kier molecular flexibility index (Phi) is 6.41. The smallest absolute Gasteiger partial charge is 0.251 e. The minimum atomic E-state index is -0.717. The van der Waals surface area contributed by atoms with E-state index in [2.05, 4.69) is 24.5 Å². The molecular weight excluding hydrogens is 416 g/mol. The zero-order chi connectivity index (χ0) is 23.7. The molecule has 6 heteroatoms. The molecule has 2 aliphatic rings. The number of rotatable bonds is 7. The Morgan fingerprint density at radius 3 is 2.52 bits per heavy atom. The lowest BCUT2D eigenvalue weighted by atomic mass is 9.57. The van der Waals surface area contributed by atoms with E-state index in [1.54, 1.807) is 12.3 Å². The molecule has 0 radical (unpaired) electrons. The summed E-state index contributed by atoms with van der Waals surface area (Å²) in [6.07, 6.45) is 5.64. The molecule has 1 heterocycles. The molecule has 3 N–H and O–H groups in total. The first-order valence-corrected chi connectivity index (χ1v) is 12.0. The molecular formula is C27H36N2O4.